The maximum absolute atomic E-state index is 13.6. The van der Waals surface area contributed by atoms with Crippen LogP contribution in [0.1, 0.15) is 63.9 Å². The van der Waals surface area contributed by atoms with Crippen molar-refractivity contribution in [1.29, 1.82) is 0 Å². The van der Waals surface area contributed by atoms with Crippen molar-refractivity contribution in [2.45, 2.75) is 71.4 Å². The standard InChI is InChI=1S/C30H40N5O4PS/c1-3-35-30-24-15-7-6-14-23(24)22-34(26-17-9-8-16-25(26)29(30)32-33-35)28(37)19-11-10-18-27(36)31-20-12-4-5-13-21-39-40(2,38)41/h6-9,14-17H,3-5,10-13,18-22H2,1-2H3,(H,31,36)(H,38,41). The molecule has 2 amide bonds. The van der Waals surface area contributed by atoms with Gasteiger partial charge in [0.2, 0.25) is 11.8 Å². The quantitative estimate of drug-likeness (QED) is 0.182. The van der Waals surface area contributed by atoms with Crippen molar-refractivity contribution >= 4 is 35.8 Å². The van der Waals surface area contributed by atoms with E-state index in [0.717, 1.165) is 59.4 Å². The van der Waals surface area contributed by atoms with Gasteiger partial charge in [-0.15, -0.1) is 5.10 Å². The molecule has 0 spiro atoms. The first-order valence-corrected chi connectivity index (χ1v) is 17.5. The molecule has 11 heteroatoms. The second-order valence-electron chi connectivity index (χ2n) is 10.4. The number of benzene rings is 2. The molecule has 2 heterocycles. The van der Waals surface area contributed by atoms with Crippen molar-refractivity contribution in [2.24, 2.45) is 0 Å². The fourth-order valence-corrected chi connectivity index (χ4v) is 5.78. The average molecular weight is 598 g/mol. The lowest BCUT2D eigenvalue weighted by Gasteiger charge is -2.28. The van der Waals surface area contributed by atoms with Crippen LogP contribution in [-0.2, 0) is 39.0 Å². The van der Waals surface area contributed by atoms with E-state index < -0.39 is 6.49 Å². The monoisotopic (exact) mass is 597 g/mol. The Morgan fingerprint density at radius 3 is 2.49 bits per heavy atom. The van der Waals surface area contributed by atoms with E-state index in [0.29, 0.717) is 51.9 Å². The highest BCUT2D eigenvalue weighted by Gasteiger charge is 2.28. The minimum absolute atomic E-state index is 0.0183. The van der Waals surface area contributed by atoms with Crippen LogP contribution in [0.5, 0.6) is 0 Å². The number of unbranched alkanes of at least 4 members (excludes halogenated alkanes) is 4. The van der Waals surface area contributed by atoms with Gasteiger partial charge in [-0.1, -0.05) is 60.5 Å². The number of carbonyl (C=O) groups is 2. The second kappa shape index (κ2) is 14.8. The fourth-order valence-electron chi connectivity index (χ4n) is 5.09. The summed E-state index contributed by atoms with van der Waals surface area (Å²) in [5.41, 5.74) is 5.57. The molecule has 0 saturated carbocycles. The predicted molar refractivity (Wildman–Crippen MR) is 166 cm³/mol. The van der Waals surface area contributed by atoms with Gasteiger partial charge in [-0.05, 0) is 56.0 Å². The zero-order valence-electron chi connectivity index (χ0n) is 23.9. The Balaban J connectivity index is 1.29. The Hall–Kier alpha value is -2.91. The minimum Gasteiger partial charge on any atom is -0.356 e. The summed E-state index contributed by atoms with van der Waals surface area (Å²) < 4.78 is 7.14. The number of nitrogens with zero attached hydrogens (tertiary/aromatic N) is 4. The Kier molecular flexibility index (Phi) is 11.2. The van der Waals surface area contributed by atoms with Crippen LogP contribution in [0.25, 0.3) is 22.5 Å². The van der Waals surface area contributed by atoms with Crippen molar-refractivity contribution in [3.63, 3.8) is 0 Å². The summed E-state index contributed by atoms with van der Waals surface area (Å²) in [7, 11) is 0. The summed E-state index contributed by atoms with van der Waals surface area (Å²) in [5.74, 6) is 0.0486. The number of anilines is 1. The molecule has 3 aromatic rings. The number of aromatic nitrogens is 3. The highest BCUT2D eigenvalue weighted by atomic mass is 32.5. The van der Waals surface area contributed by atoms with Crippen molar-refractivity contribution in [3.05, 3.63) is 54.1 Å². The molecule has 41 heavy (non-hydrogen) atoms. The highest BCUT2D eigenvalue weighted by Crippen LogP contribution is 2.41. The first-order chi connectivity index (χ1) is 19.8. The molecule has 220 valence electrons. The molecule has 0 bridgehead atoms. The van der Waals surface area contributed by atoms with Gasteiger partial charge in [-0.2, -0.15) is 0 Å². The first kappa shape index (κ1) is 31.0. The molecule has 4 rings (SSSR count). The SMILES string of the molecule is CCn1nnc2c1-c1ccccc1CN(C(=O)CCCCC(=O)NCCCCCCOP(C)(O)=S)c1ccccc1-2. The average Bonchev–Trinajstić information content (AvgIpc) is 3.37. The van der Waals surface area contributed by atoms with Gasteiger partial charge in [0.25, 0.3) is 0 Å². The lowest BCUT2D eigenvalue weighted by Crippen LogP contribution is -2.31. The van der Waals surface area contributed by atoms with Crippen molar-refractivity contribution < 1.29 is 19.0 Å². The van der Waals surface area contributed by atoms with Gasteiger partial charge < -0.3 is 19.6 Å². The Labute approximate surface area is 247 Å². The van der Waals surface area contributed by atoms with Crippen molar-refractivity contribution in [2.75, 3.05) is 24.7 Å². The van der Waals surface area contributed by atoms with Gasteiger partial charge in [0.05, 0.1) is 24.5 Å². The van der Waals surface area contributed by atoms with E-state index in [-0.39, 0.29) is 11.8 Å². The molecule has 1 unspecified atom stereocenters. The molecule has 1 aromatic heterocycles. The number of hydrogen-bond donors (Lipinski definition) is 2. The van der Waals surface area contributed by atoms with Crippen LogP contribution in [-0.4, -0.2) is 51.5 Å². The van der Waals surface area contributed by atoms with Crippen LogP contribution in [0, 0.1) is 0 Å². The molecule has 0 saturated heterocycles. The van der Waals surface area contributed by atoms with E-state index in [1.54, 1.807) is 6.66 Å². The van der Waals surface area contributed by atoms with Crippen LogP contribution < -0.4 is 10.2 Å². The van der Waals surface area contributed by atoms with Gasteiger partial charge in [-0.3, -0.25) is 9.59 Å². The molecule has 1 aliphatic rings. The number of fused-ring (bicyclic) bond motifs is 5. The summed E-state index contributed by atoms with van der Waals surface area (Å²) in [6.45, 7) is 3.32. The van der Waals surface area contributed by atoms with Crippen LogP contribution in [0.2, 0.25) is 0 Å². The number of amides is 2. The van der Waals surface area contributed by atoms with E-state index >= 15 is 0 Å². The molecule has 2 N–H and O–H groups in total. The highest BCUT2D eigenvalue weighted by molar-refractivity contribution is 8.09. The van der Waals surface area contributed by atoms with E-state index in [2.05, 4.69) is 34.7 Å². The van der Waals surface area contributed by atoms with Crippen LogP contribution in [0.4, 0.5) is 5.69 Å². The topological polar surface area (TPSA) is 110 Å². The van der Waals surface area contributed by atoms with Crippen LogP contribution >= 0.6 is 6.49 Å². The lowest BCUT2D eigenvalue weighted by atomic mass is 9.95. The number of aryl methyl sites for hydroxylation is 1. The minimum atomic E-state index is -2.56. The third-order valence-corrected chi connectivity index (χ3v) is 8.13. The van der Waals surface area contributed by atoms with Crippen LogP contribution in [0.15, 0.2) is 48.5 Å². The molecular weight excluding hydrogens is 557 g/mol. The van der Waals surface area contributed by atoms with Gasteiger partial charge in [-0.25, -0.2) is 4.68 Å². The molecule has 2 aromatic carbocycles. The maximum atomic E-state index is 13.6. The van der Waals surface area contributed by atoms with Crippen molar-refractivity contribution in [3.8, 4) is 22.5 Å². The van der Waals surface area contributed by atoms with Gasteiger partial charge in [0.1, 0.15) is 5.69 Å². The third kappa shape index (κ3) is 8.55. The van der Waals surface area contributed by atoms with Crippen LogP contribution in [0.3, 0.4) is 0 Å². The molecular formula is C30H40N5O4PS. The van der Waals surface area contributed by atoms with Gasteiger partial charge in [0.15, 0.2) is 6.49 Å². The molecule has 1 aliphatic heterocycles. The fraction of sp³-hybridized carbons (Fsp3) is 0.467. The largest absolute Gasteiger partial charge is 0.356 e. The zero-order chi connectivity index (χ0) is 29.2. The first-order valence-electron chi connectivity index (χ1n) is 14.4. The second-order valence-corrected chi connectivity index (χ2v) is 14.3. The summed E-state index contributed by atoms with van der Waals surface area (Å²) in [6, 6.07) is 16.0. The summed E-state index contributed by atoms with van der Waals surface area (Å²) in [4.78, 5) is 37.2. The Morgan fingerprint density at radius 1 is 1.00 bits per heavy atom. The normalized spacial score (nSPS) is 13.8. The molecule has 0 fully saturated rings. The molecule has 0 aliphatic carbocycles. The molecule has 1 atom stereocenters. The van der Waals surface area contributed by atoms with E-state index in [1.807, 2.05) is 46.0 Å². The lowest BCUT2D eigenvalue weighted by molar-refractivity contribution is -0.122. The Bertz CT molecular complexity index is 1390. The maximum Gasteiger partial charge on any atom is 0.227 e. The number of hydrogen-bond acceptors (Lipinski definition) is 6. The van der Waals surface area contributed by atoms with Gasteiger partial charge >= 0.3 is 0 Å². The number of nitrogens with one attached hydrogen (secondary N) is 1. The van der Waals surface area contributed by atoms with Gasteiger partial charge in [0, 0.05) is 43.7 Å². The summed E-state index contributed by atoms with van der Waals surface area (Å²) in [6.07, 6.45) is 5.75. The van der Waals surface area contributed by atoms with E-state index in [1.165, 1.54) is 0 Å². The number of rotatable bonds is 14. The number of carbonyl (C=O) groups excluding carboxylic acids is 2. The summed E-state index contributed by atoms with van der Waals surface area (Å²) >= 11 is 4.85. The number of para-hydroxylation sites is 1. The molecule has 9 nitrogen and oxygen atoms in total. The van der Waals surface area contributed by atoms with Crippen molar-refractivity contribution in [1.82, 2.24) is 20.3 Å². The summed E-state index contributed by atoms with van der Waals surface area (Å²) in [5, 5.41) is 11.9. The third-order valence-electron chi connectivity index (χ3n) is 7.16. The smallest absolute Gasteiger partial charge is 0.227 e. The zero-order valence-corrected chi connectivity index (χ0v) is 25.6. The van der Waals surface area contributed by atoms with E-state index in [9.17, 15) is 14.5 Å². The Morgan fingerprint density at radius 2 is 1.71 bits per heavy atom. The molecule has 0 radical (unpaired) electrons. The van der Waals surface area contributed by atoms with E-state index in [4.69, 9.17) is 16.3 Å². The predicted octanol–water partition coefficient (Wildman–Crippen LogP) is 5.66.